The van der Waals surface area contributed by atoms with Crippen molar-refractivity contribution < 1.29 is 4.79 Å². The third-order valence-electron chi connectivity index (χ3n) is 5.53. The van der Waals surface area contributed by atoms with Gasteiger partial charge in [-0.05, 0) is 37.3 Å². The molecular formula is C24H22N4OS. The summed E-state index contributed by atoms with van der Waals surface area (Å²) in [4.78, 5) is 22.1. The summed E-state index contributed by atoms with van der Waals surface area (Å²) in [7, 11) is 0. The first-order chi connectivity index (χ1) is 14.5. The van der Waals surface area contributed by atoms with E-state index in [4.69, 9.17) is 4.98 Å². The van der Waals surface area contributed by atoms with Crippen LogP contribution < -0.4 is 0 Å². The van der Waals surface area contributed by atoms with E-state index < -0.39 is 0 Å². The molecule has 1 aliphatic carbocycles. The van der Waals surface area contributed by atoms with Crippen LogP contribution in [0.2, 0.25) is 0 Å². The fraction of sp³-hybridized carbons (Fsp3) is 0.250. The largest absolute Gasteiger partial charge is 0.294 e. The van der Waals surface area contributed by atoms with E-state index in [1.54, 1.807) is 22.5 Å². The predicted molar refractivity (Wildman–Crippen MR) is 118 cm³/mol. The summed E-state index contributed by atoms with van der Waals surface area (Å²) < 4.78 is 1.64. The maximum Gasteiger partial charge on any atom is 0.253 e. The van der Waals surface area contributed by atoms with Crippen molar-refractivity contribution in [1.82, 2.24) is 19.6 Å². The molecule has 6 heteroatoms. The van der Waals surface area contributed by atoms with Crippen molar-refractivity contribution >= 4 is 23.3 Å². The molecule has 0 spiro atoms. The molecule has 0 aliphatic heterocycles. The molecule has 1 unspecified atom stereocenters. The molecule has 150 valence electrons. The van der Waals surface area contributed by atoms with Gasteiger partial charge in [-0.3, -0.25) is 4.79 Å². The average Bonchev–Trinajstić information content (AvgIpc) is 3.13. The number of hydrogen-bond donors (Lipinski definition) is 0. The molecule has 5 nitrogen and oxygen atoms in total. The SMILES string of the molecule is Cc1cccc(CSc2nc3nc4c(cn3n2)C(=O)CC(c2cccc(C)c2)C4)c1. The van der Waals surface area contributed by atoms with E-state index in [0.29, 0.717) is 22.9 Å². The Morgan fingerprint density at radius 2 is 1.83 bits per heavy atom. The molecule has 30 heavy (non-hydrogen) atoms. The van der Waals surface area contributed by atoms with Gasteiger partial charge < -0.3 is 0 Å². The van der Waals surface area contributed by atoms with Crippen molar-refractivity contribution in [3.8, 4) is 0 Å². The van der Waals surface area contributed by atoms with Crippen LogP contribution in [0.3, 0.4) is 0 Å². The molecule has 1 atom stereocenters. The van der Waals surface area contributed by atoms with Crippen LogP contribution in [-0.2, 0) is 12.2 Å². The van der Waals surface area contributed by atoms with Gasteiger partial charge in [0.2, 0.25) is 5.16 Å². The highest BCUT2D eigenvalue weighted by molar-refractivity contribution is 7.98. The van der Waals surface area contributed by atoms with Gasteiger partial charge in [-0.25, -0.2) is 9.50 Å². The molecule has 5 rings (SSSR count). The summed E-state index contributed by atoms with van der Waals surface area (Å²) in [6, 6.07) is 16.8. The molecule has 2 aromatic heterocycles. The molecule has 4 aromatic rings. The summed E-state index contributed by atoms with van der Waals surface area (Å²) in [6.07, 6.45) is 3.06. The first-order valence-corrected chi connectivity index (χ1v) is 11.1. The van der Waals surface area contributed by atoms with E-state index in [2.05, 4.69) is 72.5 Å². The molecule has 0 fully saturated rings. The van der Waals surface area contributed by atoms with Crippen LogP contribution in [0, 0.1) is 13.8 Å². The highest BCUT2D eigenvalue weighted by Crippen LogP contribution is 2.32. The van der Waals surface area contributed by atoms with E-state index in [1.807, 2.05) is 0 Å². The van der Waals surface area contributed by atoms with Crippen molar-refractivity contribution in [3.05, 3.63) is 88.2 Å². The van der Waals surface area contributed by atoms with Gasteiger partial charge in [0.25, 0.3) is 5.78 Å². The minimum Gasteiger partial charge on any atom is -0.294 e. The number of aryl methyl sites for hydroxylation is 2. The van der Waals surface area contributed by atoms with Crippen molar-refractivity contribution in [1.29, 1.82) is 0 Å². The molecule has 0 N–H and O–H groups in total. The number of carbonyl (C=O) groups is 1. The Balaban J connectivity index is 1.41. The Labute approximate surface area is 179 Å². The van der Waals surface area contributed by atoms with E-state index in [1.165, 1.54) is 22.3 Å². The summed E-state index contributed by atoms with van der Waals surface area (Å²) in [5.74, 6) is 1.64. The minimum atomic E-state index is 0.126. The molecular weight excluding hydrogens is 392 g/mol. The van der Waals surface area contributed by atoms with Crippen LogP contribution in [0.25, 0.3) is 5.78 Å². The van der Waals surface area contributed by atoms with Gasteiger partial charge in [-0.2, -0.15) is 4.98 Å². The number of rotatable bonds is 4. The lowest BCUT2D eigenvalue weighted by molar-refractivity contribution is 0.0962. The number of hydrogen-bond acceptors (Lipinski definition) is 5. The smallest absolute Gasteiger partial charge is 0.253 e. The van der Waals surface area contributed by atoms with Gasteiger partial charge in [0.1, 0.15) is 0 Å². The molecule has 0 saturated carbocycles. The van der Waals surface area contributed by atoms with Gasteiger partial charge in [0.15, 0.2) is 5.78 Å². The Hall–Kier alpha value is -2.99. The first kappa shape index (κ1) is 19.0. The highest BCUT2D eigenvalue weighted by Gasteiger charge is 2.28. The van der Waals surface area contributed by atoms with Crippen LogP contribution in [0.1, 0.15) is 50.6 Å². The van der Waals surface area contributed by atoms with Gasteiger partial charge >= 0.3 is 0 Å². The van der Waals surface area contributed by atoms with Gasteiger partial charge in [0, 0.05) is 18.4 Å². The lowest BCUT2D eigenvalue weighted by atomic mass is 9.82. The molecule has 1 aliphatic rings. The third-order valence-corrected chi connectivity index (χ3v) is 6.44. The molecule has 0 amide bonds. The molecule has 0 bridgehead atoms. The normalized spacial score (nSPS) is 16.1. The standard InChI is InChI=1S/C24H22N4OS/c1-15-5-3-7-17(9-15)14-30-24-26-23-25-21-11-19(18-8-4-6-16(2)10-18)12-22(29)20(21)13-28(23)27-24/h3-10,13,19H,11-12,14H2,1-2H3. The topological polar surface area (TPSA) is 60.1 Å². The van der Waals surface area contributed by atoms with Crippen LogP contribution in [0.5, 0.6) is 0 Å². The Morgan fingerprint density at radius 3 is 2.63 bits per heavy atom. The van der Waals surface area contributed by atoms with Crippen LogP contribution >= 0.6 is 11.8 Å². The number of thioether (sulfide) groups is 1. The second-order valence-electron chi connectivity index (χ2n) is 7.96. The van der Waals surface area contributed by atoms with Crippen LogP contribution in [-0.4, -0.2) is 25.4 Å². The number of benzene rings is 2. The van der Waals surface area contributed by atoms with E-state index in [0.717, 1.165) is 17.9 Å². The first-order valence-electron chi connectivity index (χ1n) is 10.1. The third kappa shape index (κ3) is 3.75. The number of carbonyl (C=O) groups excluding carboxylic acids is 1. The van der Waals surface area contributed by atoms with E-state index in [9.17, 15) is 4.79 Å². The summed E-state index contributed by atoms with van der Waals surface area (Å²) in [6.45, 7) is 4.17. The monoisotopic (exact) mass is 414 g/mol. The summed E-state index contributed by atoms with van der Waals surface area (Å²) >= 11 is 1.58. The van der Waals surface area contributed by atoms with Crippen molar-refractivity contribution in [2.24, 2.45) is 0 Å². The lowest BCUT2D eigenvalue weighted by Gasteiger charge is -2.23. The number of nitrogens with zero attached hydrogens (tertiary/aromatic N) is 4. The van der Waals surface area contributed by atoms with E-state index >= 15 is 0 Å². The van der Waals surface area contributed by atoms with Crippen molar-refractivity contribution in [3.63, 3.8) is 0 Å². The molecule has 0 saturated heterocycles. The number of fused-ring (bicyclic) bond motifs is 2. The molecule has 2 heterocycles. The zero-order valence-corrected chi connectivity index (χ0v) is 17.8. The fourth-order valence-electron chi connectivity index (χ4n) is 4.04. The minimum absolute atomic E-state index is 0.126. The predicted octanol–water partition coefficient (Wildman–Crippen LogP) is 4.95. The second-order valence-corrected chi connectivity index (χ2v) is 8.90. The van der Waals surface area contributed by atoms with Crippen molar-refractivity contribution in [2.45, 2.75) is 43.5 Å². The highest BCUT2D eigenvalue weighted by atomic mass is 32.2. The average molecular weight is 415 g/mol. The van der Waals surface area contributed by atoms with Gasteiger partial charge in [-0.15, -0.1) is 5.10 Å². The van der Waals surface area contributed by atoms with Crippen molar-refractivity contribution in [2.75, 3.05) is 0 Å². The lowest BCUT2D eigenvalue weighted by Crippen LogP contribution is -2.21. The molecule has 0 radical (unpaired) electrons. The number of Topliss-reactive ketones (excluding diaryl/α,β-unsaturated/α-hetero) is 1. The zero-order chi connectivity index (χ0) is 20.7. The maximum absolute atomic E-state index is 12.8. The van der Waals surface area contributed by atoms with E-state index in [-0.39, 0.29) is 11.7 Å². The number of ketones is 1. The fourth-order valence-corrected chi connectivity index (χ4v) is 4.80. The zero-order valence-electron chi connectivity index (χ0n) is 17.0. The summed E-state index contributed by atoms with van der Waals surface area (Å²) in [5.41, 5.74) is 6.39. The summed E-state index contributed by atoms with van der Waals surface area (Å²) in [5, 5.41) is 5.21. The Morgan fingerprint density at radius 1 is 1.03 bits per heavy atom. The maximum atomic E-state index is 12.8. The van der Waals surface area contributed by atoms with Gasteiger partial charge in [-0.1, -0.05) is 71.4 Å². The van der Waals surface area contributed by atoms with Gasteiger partial charge in [0.05, 0.1) is 11.3 Å². The Kier molecular flexibility index (Phi) is 4.87. The number of aromatic nitrogens is 4. The second kappa shape index (κ2) is 7.69. The quantitative estimate of drug-likeness (QED) is 0.442. The van der Waals surface area contributed by atoms with Crippen LogP contribution in [0.15, 0.2) is 59.9 Å². The Bertz CT molecular complexity index is 1260. The molecule has 2 aromatic carbocycles. The van der Waals surface area contributed by atoms with Crippen LogP contribution in [0.4, 0.5) is 0 Å².